The third-order valence-corrected chi connectivity index (χ3v) is 5.88. The molecule has 146 valence electrons. The number of carbonyl (C=O) groups excluding carboxylic acids is 2. The second-order valence-corrected chi connectivity index (χ2v) is 8.02. The molecule has 1 heterocycles. The van der Waals surface area contributed by atoms with Crippen molar-refractivity contribution in [3.8, 4) is 5.75 Å². The van der Waals surface area contributed by atoms with Gasteiger partial charge in [-0.3, -0.25) is 14.5 Å². The van der Waals surface area contributed by atoms with E-state index in [2.05, 4.69) is 0 Å². The van der Waals surface area contributed by atoms with Gasteiger partial charge in [-0.25, -0.2) is 0 Å². The molecule has 29 heavy (non-hydrogen) atoms. The quantitative estimate of drug-likeness (QED) is 0.552. The monoisotopic (exact) mass is 403 g/mol. The fraction of sp³-hybridized carbons (Fsp3) is 0.167. The van der Waals surface area contributed by atoms with Crippen LogP contribution in [0.5, 0.6) is 5.75 Å². The summed E-state index contributed by atoms with van der Waals surface area (Å²) in [6.07, 6.45) is 0.464. The van der Waals surface area contributed by atoms with Crippen molar-refractivity contribution in [1.82, 2.24) is 4.90 Å². The SMILES string of the molecule is O=C1S[C@@H](Cc2ccccc2OCc2ccccc2)C(=O)N1Cc1ccccc1. The molecule has 4 rings (SSSR count). The molecule has 5 heteroatoms. The van der Waals surface area contributed by atoms with Gasteiger partial charge in [0.1, 0.15) is 12.4 Å². The average molecular weight is 404 g/mol. The third kappa shape index (κ3) is 4.69. The maximum absolute atomic E-state index is 12.9. The number of rotatable bonds is 7. The summed E-state index contributed by atoms with van der Waals surface area (Å²) in [5.41, 5.74) is 2.96. The molecule has 4 nitrogen and oxygen atoms in total. The van der Waals surface area contributed by atoms with Crippen LogP contribution in [-0.2, 0) is 24.4 Å². The number of carbonyl (C=O) groups is 2. The maximum atomic E-state index is 12.9. The molecule has 1 atom stereocenters. The lowest BCUT2D eigenvalue weighted by atomic mass is 10.1. The van der Waals surface area contributed by atoms with Gasteiger partial charge in [0.15, 0.2) is 0 Å². The number of benzene rings is 3. The van der Waals surface area contributed by atoms with Crippen molar-refractivity contribution in [2.45, 2.75) is 24.8 Å². The van der Waals surface area contributed by atoms with Gasteiger partial charge in [-0.05, 0) is 29.2 Å². The zero-order chi connectivity index (χ0) is 20.1. The van der Waals surface area contributed by atoms with Crippen LogP contribution < -0.4 is 4.74 Å². The maximum Gasteiger partial charge on any atom is 0.289 e. The van der Waals surface area contributed by atoms with Crippen LogP contribution in [0.3, 0.4) is 0 Å². The fourth-order valence-electron chi connectivity index (χ4n) is 3.29. The number of nitrogens with zero attached hydrogens (tertiary/aromatic N) is 1. The molecule has 1 aliphatic rings. The van der Waals surface area contributed by atoms with E-state index in [1.54, 1.807) is 0 Å². The zero-order valence-corrected chi connectivity index (χ0v) is 16.7. The van der Waals surface area contributed by atoms with Gasteiger partial charge >= 0.3 is 0 Å². The van der Waals surface area contributed by atoms with Crippen LogP contribution in [0.1, 0.15) is 16.7 Å². The summed E-state index contributed by atoms with van der Waals surface area (Å²) < 4.78 is 6.00. The van der Waals surface area contributed by atoms with Crippen molar-refractivity contribution in [1.29, 1.82) is 0 Å². The predicted octanol–water partition coefficient (Wildman–Crippen LogP) is 5.07. The molecule has 1 fully saturated rings. The molecule has 1 aliphatic heterocycles. The first-order valence-corrected chi connectivity index (χ1v) is 10.4. The van der Waals surface area contributed by atoms with Crippen molar-refractivity contribution in [3.05, 3.63) is 102 Å². The topological polar surface area (TPSA) is 46.6 Å². The van der Waals surface area contributed by atoms with Crippen LogP contribution in [0.2, 0.25) is 0 Å². The van der Waals surface area contributed by atoms with E-state index in [1.807, 2.05) is 84.9 Å². The van der Waals surface area contributed by atoms with Crippen molar-refractivity contribution in [2.24, 2.45) is 0 Å². The Bertz CT molecular complexity index is 991. The van der Waals surface area contributed by atoms with Gasteiger partial charge in [0, 0.05) is 0 Å². The Morgan fingerprint density at radius 3 is 2.14 bits per heavy atom. The van der Waals surface area contributed by atoms with Crippen LogP contribution in [-0.4, -0.2) is 21.3 Å². The standard InChI is InChI=1S/C24H21NO3S/c26-23-22(29-24(27)25(23)16-18-9-3-1-4-10-18)15-20-13-7-8-14-21(20)28-17-19-11-5-2-6-12-19/h1-14,22H,15-17H2/t22-/m0/s1. The van der Waals surface area contributed by atoms with Gasteiger partial charge in [0.25, 0.3) is 5.24 Å². The fourth-order valence-corrected chi connectivity index (χ4v) is 4.30. The molecule has 0 aromatic heterocycles. The highest BCUT2D eigenvalue weighted by molar-refractivity contribution is 8.15. The Morgan fingerprint density at radius 2 is 1.41 bits per heavy atom. The number of hydrogen-bond donors (Lipinski definition) is 0. The second-order valence-electron chi connectivity index (χ2n) is 6.87. The molecule has 0 unspecified atom stereocenters. The summed E-state index contributed by atoms with van der Waals surface area (Å²) in [5.74, 6) is 0.612. The molecule has 0 N–H and O–H groups in total. The summed E-state index contributed by atoms with van der Waals surface area (Å²) >= 11 is 1.10. The number of para-hydroxylation sites is 1. The number of thioether (sulfide) groups is 1. The summed E-state index contributed by atoms with van der Waals surface area (Å²) in [6.45, 7) is 0.775. The Morgan fingerprint density at radius 1 is 0.793 bits per heavy atom. The Labute approximate surface area is 174 Å². The second kappa shape index (κ2) is 8.97. The predicted molar refractivity (Wildman–Crippen MR) is 115 cm³/mol. The molecular formula is C24H21NO3S. The third-order valence-electron chi connectivity index (χ3n) is 4.80. The molecule has 0 bridgehead atoms. The van der Waals surface area contributed by atoms with Gasteiger partial charge < -0.3 is 4.74 Å². The van der Waals surface area contributed by atoms with Gasteiger partial charge in [-0.1, -0.05) is 90.6 Å². The first kappa shape index (κ1) is 19.3. The van der Waals surface area contributed by atoms with Crippen LogP contribution in [0.4, 0.5) is 4.79 Å². The van der Waals surface area contributed by atoms with Crippen molar-refractivity contribution in [2.75, 3.05) is 0 Å². The minimum absolute atomic E-state index is 0.137. The van der Waals surface area contributed by atoms with Crippen LogP contribution >= 0.6 is 11.8 Å². The van der Waals surface area contributed by atoms with Crippen molar-refractivity contribution >= 4 is 22.9 Å². The molecule has 3 aromatic carbocycles. The molecule has 0 spiro atoms. The van der Waals surface area contributed by atoms with E-state index in [9.17, 15) is 9.59 Å². The van der Waals surface area contributed by atoms with Crippen molar-refractivity contribution < 1.29 is 14.3 Å². The lowest BCUT2D eigenvalue weighted by Gasteiger charge is -2.15. The van der Waals surface area contributed by atoms with Gasteiger partial charge in [-0.2, -0.15) is 0 Å². The molecule has 2 amide bonds. The molecule has 3 aromatic rings. The average Bonchev–Trinajstić information content (AvgIpc) is 3.02. The van der Waals surface area contributed by atoms with Crippen LogP contribution in [0.15, 0.2) is 84.9 Å². The Kier molecular flexibility index (Phi) is 5.96. The highest BCUT2D eigenvalue weighted by Gasteiger charge is 2.39. The Balaban J connectivity index is 1.44. The first-order valence-electron chi connectivity index (χ1n) is 9.51. The van der Waals surface area contributed by atoms with Gasteiger partial charge in [-0.15, -0.1) is 0 Å². The van der Waals surface area contributed by atoms with Gasteiger partial charge in [0.2, 0.25) is 5.91 Å². The lowest BCUT2D eigenvalue weighted by molar-refractivity contribution is -0.127. The van der Waals surface area contributed by atoms with Gasteiger partial charge in [0.05, 0.1) is 11.8 Å². The van der Waals surface area contributed by atoms with E-state index in [-0.39, 0.29) is 11.1 Å². The van der Waals surface area contributed by atoms with E-state index >= 15 is 0 Å². The molecule has 1 saturated heterocycles. The summed E-state index contributed by atoms with van der Waals surface area (Å²) in [5, 5.41) is -0.612. The summed E-state index contributed by atoms with van der Waals surface area (Å²) in [6, 6.07) is 27.2. The number of ether oxygens (including phenoxy) is 1. The number of amides is 2. The first-order chi connectivity index (χ1) is 14.2. The van der Waals surface area contributed by atoms with E-state index < -0.39 is 5.25 Å². The molecule has 0 radical (unpaired) electrons. The minimum atomic E-state index is -0.423. The molecule has 0 saturated carbocycles. The smallest absolute Gasteiger partial charge is 0.289 e. The summed E-state index contributed by atoms with van der Waals surface area (Å²) in [7, 11) is 0. The number of imide groups is 1. The lowest BCUT2D eigenvalue weighted by Crippen LogP contribution is -2.31. The largest absolute Gasteiger partial charge is 0.489 e. The van der Waals surface area contributed by atoms with Crippen LogP contribution in [0, 0.1) is 0 Å². The molecule has 0 aliphatic carbocycles. The minimum Gasteiger partial charge on any atom is -0.489 e. The van der Waals surface area contributed by atoms with E-state index in [1.165, 1.54) is 4.90 Å². The van der Waals surface area contributed by atoms with Crippen molar-refractivity contribution in [3.63, 3.8) is 0 Å². The normalized spacial score (nSPS) is 16.3. The zero-order valence-electron chi connectivity index (χ0n) is 15.9. The van der Waals surface area contributed by atoms with Crippen LogP contribution in [0.25, 0.3) is 0 Å². The van der Waals surface area contributed by atoms with E-state index in [4.69, 9.17) is 4.74 Å². The highest BCUT2D eigenvalue weighted by atomic mass is 32.2. The highest BCUT2D eigenvalue weighted by Crippen LogP contribution is 2.33. The van der Waals surface area contributed by atoms with E-state index in [0.29, 0.717) is 19.6 Å². The Hall–Kier alpha value is -3.05. The number of hydrogen-bond acceptors (Lipinski definition) is 4. The molecular weight excluding hydrogens is 382 g/mol. The van der Waals surface area contributed by atoms with E-state index in [0.717, 1.165) is 34.2 Å². The summed E-state index contributed by atoms with van der Waals surface area (Å²) in [4.78, 5) is 26.6.